The van der Waals surface area contributed by atoms with Gasteiger partial charge in [-0.3, -0.25) is 0 Å². The largest absolute Gasteiger partial charge is 0.393 e. The average molecular weight is 180 g/mol. The van der Waals surface area contributed by atoms with Crippen LogP contribution in [-0.2, 0) is 0 Å². The number of rotatable bonds is 0. The van der Waals surface area contributed by atoms with E-state index >= 15 is 0 Å². The fraction of sp³-hybridized carbons (Fsp3) is 0.667. The molecule has 0 radical (unpaired) electrons. The topological polar surface area (TPSA) is 20.2 Å². The molecule has 1 aliphatic rings. The van der Waals surface area contributed by atoms with Gasteiger partial charge in [0.15, 0.2) is 0 Å². The summed E-state index contributed by atoms with van der Waals surface area (Å²) in [6.07, 6.45) is 16.3. The second-order valence-electron chi connectivity index (χ2n) is 3.68. The summed E-state index contributed by atoms with van der Waals surface area (Å²) in [7, 11) is 0. The van der Waals surface area contributed by atoms with Gasteiger partial charge in [0.05, 0.1) is 6.10 Å². The van der Waals surface area contributed by atoms with Crippen molar-refractivity contribution < 1.29 is 5.11 Å². The molecule has 1 nitrogen and oxygen atoms in total. The van der Waals surface area contributed by atoms with Crippen LogP contribution >= 0.6 is 0 Å². The predicted molar refractivity (Wildman–Crippen MR) is 56.6 cm³/mol. The molecule has 1 N–H and O–H groups in total. The smallest absolute Gasteiger partial charge is 0.0543 e. The van der Waals surface area contributed by atoms with E-state index < -0.39 is 0 Å². The molecule has 74 valence electrons. The van der Waals surface area contributed by atoms with Crippen LogP contribution in [0.15, 0.2) is 24.3 Å². The van der Waals surface area contributed by atoms with Crippen molar-refractivity contribution in [1.29, 1.82) is 0 Å². The van der Waals surface area contributed by atoms with Gasteiger partial charge in [0.2, 0.25) is 0 Å². The highest BCUT2D eigenvalue weighted by atomic mass is 16.3. The van der Waals surface area contributed by atoms with Gasteiger partial charge in [-0.25, -0.2) is 0 Å². The molecule has 0 heterocycles. The Morgan fingerprint density at radius 2 is 1.38 bits per heavy atom. The van der Waals surface area contributed by atoms with Gasteiger partial charge in [0, 0.05) is 0 Å². The second-order valence-corrected chi connectivity index (χ2v) is 3.68. The maximum absolute atomic E-state index is 9.54. The maximum Gasteiger partial charge on any atom is 0.0543 e. The second kappa shape index (κ2) is 6.90. The van der Waals surface area contributed by atoms with Crippen molar-refractivity contribution in [3.63, 3.8) is 0 Å². The van der Waals surface area contributed by atoms with Gasteiger partial charge in [0.1, 0.15) is 0 Å². The van der Waals surface area contributed by atoms with Crippen LogP contribution in [0.2, 0.25) is 0 Å². The van der Waals surface area contributed by atoms with Gasteiger partial charge in [0.25, 0.3) is 0 Å². The standard InChI is InChI=1S/C12H20O/c13-12-10-8-6-4-2-1-3-5-7-9-11-12/h2,4-5,7,12-13H,1,3,6,8-11H2/b4-2+,7-5+. The minimum absolute atomic E-state index is 0.0857. The van der Waals surface area contributed by atoms with Crippen LogP contribution in [-0.4, -0.2) is 11.2 Å². The van der Waals surface area contributed by atoms with E-state index in [1.165, 1.54) is 6.42 Å². The van der Waals surface area contributed by atoms with Crippen molar-refractivity contribution in [2.75, 3.05) is 0 Å². The van der Waals surface area contributed by atoms with E-state index in [-0.39, 0.29) is 6.10 Å². The Morgan fingerprint density at radius 3 is 2.15 bits per heavy atom. The molecule has 0 saturated carbocycles. The van der Waals surface area contributed by atoms with Crippen LogP contribution in [0.3, 0.4) is 0 Å². The van der Waals surface area contributed by atoms with Crippen LogP contribution in [0.1, 0.15) is 44.9 Å². The molecule has 0 fully saturated rings. The summed E-state index contributed by atoms with van der Waals surface area (Å²) in [6, 6.07) is 0. The third kappa shape index (κ3) is 5.64. The summed E-state index contributed by atoms with van der Waals surface area (Å²) in [5.41, 5.74) is 0. The molecule has 0 bridgehead atoms. The first-order valence-electron chi connectivity index (χ1n) is 5.37. The molecule has 1 atom stereocenters. The van der Waals surface area contributed by atoms with Gasteiger partial charge in [-0.15, -0.1) is 0 Å². The van der Waals surface area contributed by atoms with E-state index in [2.05, 4.69) is 24.3 Å². The number of aliphatic hydroxyl groups excluding tert-OH is 1. The van der Waals surface area contributed by atoms with E-state index in [0.29, 0.717) is 0 Å². The molecule has 13 heavy (non-hydrogen) atoms. The Kier molecular flexibility index (Phi) is 5.59. The quantitative estimate of drug-likeness (QED) is 0.567. The Morgan fingerprint density at radius 1 is 0.769 bits per heavy atom. The van der Waals surface area contributed by atoms with Crippen LogP contribution in [0, 0.1) is 0 Å². The minimum Gasteiger partial charge on any atom is -0.393 e. The lowest BCUT2D eigenvalue weighted by molar-refractivity contribution is 0.153. The summed E-state index contributed by atoms with van der Waals surface area (Å²) in [6.45, 7) is 0. The monoisotopic (exact) mass is 180 g/mol. The first-order chi connectivity index (χ1) is 6.39. The molecule has 1 unspecified atom stereocenters. The summed E-state index contributed by atoms with van der Waals surface area (Å²) >= 11 is 0. The Labute approximate surface area is 81.2 Å². The van der Waals surface area contributed by atoms with Gasteiger partial charge >= 0.3 is 0 Å². The number of hydrogen-bond acceptors (Lipinski definition) is 1. The van der Waals surface area contributed by atoms with Crippen molar-refractivity contribution in [3.05, 3.63) is 24.3 Å². The van der Waals surface area contributed by atoms with E-state index in [0.717, 1.165) is 38.5 Å². The summed E-state index contributed by atoms with van der Waals surface area (Å²) < 4.78 is 0. The SMILES string of the molecule is OC1CC/C=C/CC/C=C/CCC1. The molecule has 0 aromatic carbocycles. The van der Waals surface area contributed by atoms with Crippen molar-refractivity contribution in [3.8, 4) is 0 Å². The zero-order valence-corrected chi connectivity index (χ0v) is 8.28. The molecular formula is C12H20O. The van der Waals surface area contributed by atoms with Gasteiger partial charge in [-0.05, 0) is 44.9 Å². The molecule has 0 aliphatic heterocycles. The van der Waals surface area contributed by atoms with Gasteiger partial charge in [-0.2, -0.15) is 0 Å². The number of hydrogen-bond donors (Lipinski definition) is 1. The van der Waals surface area contributed by atoms with Crippen molar-refractivity contribution >= 4 is 0 Å². The Bertz CT molecular complexity index is 170. The normalized spacial score (nSPS) is 31.3. The molecule has 0 saturated heterocycles. The molecule has 0 spiro atoms. The molecule has 1 aliphatic carbocycles. The summed E-state index contributed by atoms with van der Waals surface area (Å²) in [4.78, 5) is 0. The summed E-state index contributed by atoms with van der Waals surface area (Å²) in [5.74, 6) is 0. The van der Waals surface area contributed by atoms with Crippen LogP contribution in [0.4, 0.5) is 0 Å². The first-order valence-corrected chi connectivity index (χ1v) is 5.37. The third-order valence-corrected chi connectivity index (χ3v) is 2.41. The highest BCUT2D eigenvalue weighted by Gasteiger charge is 2.01. The lowest BCUT2D eigenvalue weighted by Crippen LogP contribution is -2.05. The highest BCUT2D eigenvalue weighted by molar-refractivity contribution is 4.89. The van der Waals surface area contributed by atoms with E-state index in [1.54, 1.807) is 0 Å². The fourth-order valence-electron chi connectivity index (χ4n) is 1.57. The van der Waals surface area contributed by atoms with Crippen molar-refractivity contribution in [2.24, 2.45) is 0 Å². The molecule has 0 aromatic rings. The van der Waals surface area contributed by atoms with E-state index in [1.807, 2.05) is 0 Å². The lowest BCUT2D eigenvalue weighted by Gasteiger charge is -2.07. The average Bonchev–Trinajstić information content (AvgIpc) is 2.11. The van der Waals surface area contributed by atoms with Crippen LogP contribution in [0.25, 0.3) is 0 Å². The highest BCUT2D eigenvalue weighted by Crippen LogP contribution is 2.09. The molecule has 0 aromatic heterocycles. The fourth-order valence-corrected chi connectivity index (χ4v) is 1.57. The molecule has 0 amide bonds. The molecular weight excluding hydrogens is 160 g/mol. The zero-order valence-electron chi connectivity index (χ0n) is 8.28. The van der Waals surface area contributed by atoms with Crippen LogP contribution < -0.4 is 0 Å². The van der Waals surface area contributed by atoms with E-state index in [4.69, 9.17) is 0 Å². The van der Waals surface area contributed by atoms with Gasteiger partial charge in [-0.1, -0.05) is 24.3 Å². The van der Waals surface area contributed by atoms with Crippen molar-refractivity contribution in [2.45, 2.75) is 51.0 Å². The predicted octanol–water partition coefficient (Wildman–Crippen LogP) is 3.20. The third-order valence-electron chi connectivity index (χ3n) is 2.41. The zero-order chi connectivity index (χ0) is 9.36. The van der Waals surface area contributed by atoms with Crippen molar-refractivity contribution in [1.82, 2.24) is 0 Å². The first kappa shape index (κ1) is 10.5. The maximum atomic E-state index is 9.54. The minimum atomic E-state index is -0.0857. The Balaban J connectivity index is 2.29. The lowest BCUT2D eigenvalue weighted by atomic mass is 10.1. The van der Waals surface area contributed by atoms with Crippen LogP contribution in [0.5, 0.6) is 0 Å². The van der Waals surface area contributed by atoms with E-state index in [9.17, 15) is 5.11 Å². The number of aliphatic hydroxyl groups is 1. The number of allylic oxidation sites excluding steroid dienone is 4. The molecule has 1 heteroatoms. The molecule has 1 rings (SSSR count). The van der Waals surface area contributed by atoms with Gasteiger partial charge < -0.3 is 5.11 Å². The summed E-state index contributed by atoms with van der Waals surface area (Å²) in [5, 5.41) is 9.54. The Hall–Kier alpha value is -0.560.